The van der Waals surface area contributed by atoms with Crippen LogP contribution in [0.1, 0.15) is 16.7 Å². The minimum absolute atomic E-state index is 0.0851. The van der Waals surface area contributed by atoms with Crippen LogP contribution < -0.4 is 10.5 Å². The fraction of sp³-hybridized carbons (Fsp3) is 0.143. The van der Waals surface area contributed by atoms with Gasteiger partial charge >= 0.3 is 0 Å². The fourth-order valence-electron chi connectivity index (χ4n) is 1.82. The van der Waals surface area contributed by atoms with Crippen molar-refractivity contribution in [2.75, 3.05) is 12.0 Å². The molecule has 0 atom stereocenters. The second-order valence-electron chi connectivity index (χ2n) is 4.28. The van der Waals surface area contributed by atoms with Gasteiger partial charge < -0.3 is 10.9 Å². The summed E-state index contributed by atoms with van der Waals surface area (Å²) in [4.78, 5) is 4.66. The summed E-state index contributed by atoms with van der Waals surface area (Å²) in [5.41, 5.74) is 7.06. The summed E-state index contributed by atoms with van der Waals surface area (Å²) in [6, 6.07) is 7.28. The maximum absolute atomic E-state index is 11.5. The number of nitriles is 2. The number of pyridine rings is 2. The van der Waals surface area contributed by atoms with E-state index in [1.165, 1.54) is 35.8 Å². The van der Waals surface area contributed by atoms with Gasteiger partial charge in [-0.1, -0.05) is 11.8 Å². The fourth-order valence-corrected chi connectivity index (χ4v) is 3.62. The first-order valence-electron chi connectivity index (χ1n) is 6.19. The molecule has 0 aromatic carbocycles. The first-order chi connectivity index (χ1) is 11.0. The van der Waals surface area contributed by atoms with Crippen molar-refractivity contribution in [2.45, 2.75) is 15.7 Å². The van der Waals surface area contributed by atoms with E-state index in [0.717, 1.165) is 5.56 Å². The van der Waals surface area contributed by atoms with Gasteiger partial charge in [-0.2, -0.15) is 15.3 Å². The highest BCUT2D eigenvalue weighted by Gasteiger charge is 2.18. The molecule has 0 aliphatic carbocycles. The Morgan fingerprint density at radius 1 is 1.35 bits per heavy atom. The van der Waals surface area contributed by atoms with Crippen molar-refractivity contribution in [1.29, 1.82) is 10.5 Å². The predicted octanol–water partition coefficient (Wildman–Crippen LogP) is 2.71. The van der Waals surface area contributed by atoms with E-state index in [1.54, 1.807) is 12.3 Å². The van der Waals surface area contributed by atoms with E-state index in [4.69, 9.17) is 22.6 Å². The topological polar surface area (TPSA) is 113 Å². The second kappa shape index (κ2) is 7.42. The summed E-state index contributed by atoms with van der Waals surface area (Å²) in [6.45, 7) is 0. The number of thioether (sulfide) groups is 2. The molecule has 2 heterocycles. The number of nitrogens with two attached hydrogens (primary N) is 1. The molecule has 6 nitrogen and oxygen atoms in total. The van der Waals surface area contributed by atoms with Crippen LogP contribution in [0.25, 0.3) is 0 Å². The zero-order chi connectivity index (χ0) is 17.0. The zero-order valence-electron chi connectivity index (χ0n) is 11.9. The largest absolute Gasteiger partial charge is 0.618 e. The van der Waals surface area contributed by atoms with E-state index >= 15 is 0 Å². The molecule has 23 heavy (non-hydrogen) atoms. The summed E-state index contributed by atoms with van der Waals surface area (Å²) in [5, 5.41) is 30.5. The van der Waals surface area contributed by atoms with E-state index in [0.29, 0.717) is 26.0 Å². The van der Waals surface area contributed by atoms with Gasteiger partial charge in [0, 0.05) is 22.3 Å². The Hall–Kier alpha value is -2.13. The van der Waals surface area contributed by atoms with Crippen molar-refractivity contribution < 1.29 is 4.73 Å². The lowest BCUT2D eigenvalue weighted by molar-refractivity contribution is -0.603. The number of halogens is 1. The molecule has 9 heteroatoms. The van der Waals surface area contributed by atoms with Gasteiger partial charge in [-0.25, -0.2) is 4.98 Å². The lowest BCUT2D eigenvalue weighted by atomic mass is 10.2. The van der Waals surface area contributed by atoms with Gasteiger partial charge in [0.2, 0.25) is 0 Å². The van der Waals surface area contributed by atoms with E-state index in [2.05, 4.69) is 11.1 Å². The van der Waals surface area contributed by atoms with Gasteiger partial charge in [0.25, 0.3) is 5.15 Å². The van der Waals surface area contributed by atoms with Gasteiger partial charge in [0.15, 0.2) is 6.20 Å². The number of nitrogen functional groups attached to an aromatic ring is 1. The minimum Gasteiger partial charge on any atom is -0.618 e. The second-order valence-corrected chi connectivity index (χ2v) is 6.45. The van der Waals surface area contributed by atoms with Gasteiger partial charge in [-0.3, -0.25) is 0 Å². The van der Waals surface area contributed by atoms with Crippen molar-refractivity contribution in [1.82, 2.24) is 4.98 Å². The summed E-state index contributed by atoms with van der Waals surface area (Å²) >= 11 is 8.22. The predicted molar refractivity (Wildman–Crippen MR) is 89.8 cm³/mol. The highest BCUT2D eigenvalue weighted by atomic mass is 35.5. The Kier molecular flexibility index (Phi) is 5.56. The Labute approximate surface area is 146 Å². The van der Waals surface area contributed by atoms with Gasteiger partial charge in [0.1, 0.15) is 28.5 Å². The number of nitrogens with zero attached hydrogens (tertiary/aromatic N) is 4. The molecule has 0 amide bonds. The van der Waals surface area contributed by atoms with Crippen LogP contribution in [0.15, 0.2) is 28.3 Å². The van der Waals surface area contributed by atoms with E-state index in [-0.39, 0.29) is 16.5 Å². The lowest BCUT2D eigenvalue weighted by Gasteiger charge is -2.10. The van der Waals surface area contributed by atoms with Crippen molar-refractivity contribution in [3.05, 3.63) is 45.4 Å². The molecule has 0 aliphatic rings. The first kappa shape index (κ1) is 17.2. The van der Waals surface area contributed by atoms with Crippen LogP contribution in [0, 0.1) is 27.9 Å². The average Bonchev–Trinajstić information content (AvgIpc) is 2.55. The molecule has 0 fully saturated rings. The Morgan fingerprint density at radius 3 is 2.61 bits per heavy atom. The molecule has 2 rings (SSSR count). The van der Waals surface area contributed by atoms with Crippen LogP contribution in [-0.2, 0) is 5.75 Å². The molecule has 0 aliphatic heterocycles. The Balaban J connectivity index is 2.37. The van der Waals surface area contributed by atoms with Crippen LogP contribution in [0.3, 0.4) is 0 Å². The molecule has 2 aromatic rings. The highest BCUT2D eigenvalue weighted by Crippen LogP contribution is 2.34. The summed E-state index contributed by atoms with van der Waals surface area (Å²) in [5.74, 6) is 0.508. The standard InChI is InChI=1S/C14H10ClN5OS2/c1-22-12-9(4-16)13(18)19-14(10(12)5-17)23-7-8-2-3-11(15)20(21)6-8/h2-3,6H,7H2,1H3,(H2,18,19). The van der Waals surface area contributed by atoms with Gasteiger partial charge in [-0.15, -0.1) is 11.8 Å². The van der Waals surface area contributed by atoms with Crippen LogP contribution >= 0.6 is 35.1 Å². The Bertz CT molecular complexity index is 845. The zero-order valence-corrected chi connectivity index (χ0v) is 14.3. The molecular formula is C14H10ClN5OS2. The third-order valence-electron chi connectivity index (χ3n) is 2.88. The normalized spacial score (nSPS) is 10.1. The Morgan fingerprint density at radius 2 is 2.04 bits per heavy atom. The average molecular weight is 364 g/mol. The summed E-state index contributed by atoms with van der Waals surface area (Å²) < 4.78 is 0.566. The molecule has 0 bridgehead atoms. The molecule has 0 radical (unpaired) electrons. The monoisotopic (exact) mass is 363 g/mol. The number of rotatable bonds is 4. The van der Waals surface area contributed by atoms with E-state index in [1.807, 2.05) is 6.07 Å². The van der Waals surface area contributed by atoms with Gasteiger partial charge in [0.05, 0.1) is 5.56 Å². The molecular weight excluding hydrogens is 354 g/mol. The number of anilines is 1. The molecule has 0 unspecified atom stereocenters. The third kappa shape index (κ3) is 3.62. The number of aromatic nitrogens is 2. The van der Waals surface area contributed by atoms with Crippen LogP contribution in [0.4, 0.5) is 5.82 Å². The third-order valence-corrected chi connectivity index (χ3v) is 5.03. The lowest BCUT2D eigenvalue weighted by Crippen LogP contribution is -2.27. The van der Waals surface area contributed by atoms with E-state index in [9.17, 15) is 10.5 Å². The maximum Gasteiger partial charge on any atom is 0.286 e. The maximum atomic E-state index is 11.5. The van der Waals surface area contributed by atoms with Crippen LogP contribution in [-0.4, -0.2) is 11.2 Å². The summed E-state index contributed by atoms with van der Waals surface area (Å²) in [6.07, 6.45) is 3.13. The molecule has 0 saturated heterocycles. The summed E-state index contributed by atoms with van der Waals surface area (Å²) in [7, 11) is 0. The molecule has 116 valence electrons. The van der Waals surface area contributed by atoms with Crippen molar-refractivity contribution in [3.8, 4) is 12.1 Å². The molecule has 2 N–H and O–H groups in total. The molecule has 0 spiro atoms. The van der Waals surface area contributed by atoms with Crippen LogP contribution in [0.5, 0.6) is 0 Å². The van der Waals surface area contributed by atoms with Crippen molar-refractivity contribution in [3.63, 3.8) is 0 Å². The number of hydrogen-bond acceptors (Lipinski definition) is 7. The van der Waals surface area contributed by atoms with Crippen molar-refractivity contribution in [2.24, 2.45) is 0 Å². The molecule has 2 aromatic heterocycles. The van der Waals surface area contributed by atoms with Crippen molar-refractivity contribution >= 4 is 40.9 Å². The first-order valence-corrected chi connectivity index (χ1v) is 8.78. The smallest absolute Gasteiger partial charge is 0.286 e. The van der Waals surface area contributed by atoms with Gasteiger partial charge in [-0.05, 0) is 23.9 Å². The minimum atomic E-state index is 0.0851. The SMILES string of the molecule is CSc1c(C#N)c(N)nc(SCc2ccc(Cl)[n+]([O-])c2)c1C#N. The molecule has 0 saturated carbocycles. The highest BCUT2D eigenvalue weighted by molar-refractivity contribution is 7.99. The van der Waals surface area contributed by atoms with E-state index < -0.39 is 0 Å². The van der Waals surface area contributed by atoms with Crippen LogP contribution in [0.2, 0.25) is 5.15 Å². The number of hydrogen-bond donors (Lipinski definition) is 1. The quantitative estimate of drug-likeness (QED) is 0.384.